The van der Waals surface area contributed by atoms with Crippen LogP contribution >= 0.6 is 0 Å². The van der Waals surface area contributed by atoms with Crippen LogP contribution in [-0.4, -0.2) is 30.1 Å². The van der Waals surface area contributed by atoms with Crippen LogP contribution in [0.5, 0.6) is 0 Å². The largest absolute Gasteiger partial charge is 0.348 e. The van der Waals surface area contributed by atoms with Crippen molar-refractivity contribution in [3.63, 3.8) is 0 Å². The van der Waals surface area contributed by atoms with Crippen molar-refractivity contribution in [1.82, 2.24) is 29.5 Å². The van der Waals surface area contributed by atoms with E-state index in [1.54, 1.807) is 48.7 Å². The summed E-state index contributed by atoms with van der Waals surface area (Å²) in [5, 5.41) is 10.7. The number of aromatic nitrogens is 5. The van der Waals surface area contributed by atoms with E-state index in [4.69, 9.17) is 0 Å². The second kappa shape index (κ2) is 6.84. The molecule has 0 fully saturated rings. The number of carbonyl (C=O) groups is 1. The summed E-state index contributed by atoms with van der Waals surface area (Å²) in [5.74, 6) is -0.160. The Kier molecular flexibility index (Phi) is 4.34. The molecule has 0 aliphatic carbocycles. The number of hydrogen-bond donors (Lipinski definition) is 1. The first-order chi connectivity index (χ1) is 13.5. The van der Waals surface area contributed by atoms with Gasteiger partial charge in [-0.25, -0.2) is 9.37 Å². The van der Waals surface area contributed by atoms with Crippen LogP contribution in [0.25, 0.3) is 16.8 Å². The van der Waals surface area contributed by atoms with E-state index >= 15 is 0 Å². The molecule has 0 aliphatic heterocycles. The molecule has 1 atom stereocenters. The standard InChI is InChI=1S/C19H17FN6O2/c1-11(13-5-7-14(20)8-6-13)22-16(27)10-25-15-4-3-9-21-17(15)26-12(2)23-24-18(26)19(25)28/h3-9,11H,10H2,1-2H3,(H,22,27)/t11-/m0/s1. The predicted octanol–water partition coefficient (Wildman–Crippen LogP) is 1.76. The number of nitrogens with zero attached hydrogens (tertiary/aromatic N) is 5. The van der Waals surface area contributed by atoms with Crippen molar-refractivity contribution in [3.05, 3.63) is 70.2 Å². The minimum absolute atomic E-state index is 0.114. The zero-order chi connectivity index (χ0) is 19.8. The number of amides is 1. The Morgan fingerprint density at radius 3 is 2.68 bits per heavy atom. The monoisotopic (exact) mass is 380 g/mol. The average Bonchev–Trinajstić information content (AvgIpc) is 3.07. The second-order valence-electron chi connectivity index (χ2n) is 6.48. The molecule has 0 aliphatic rings. The molecule has 0 spiro atoms. The molecule has 9 heteroatoms. The van der Waals surface area contributed by atoms with Crippen molar-refractivity contribution in [3.8, 4) is 0 Å². The van der Waals surface area contributed by atoms with E-state index in [1.807, 2.05) is 0 Å². The molecule has 4 aromatic rings. The molecule has 0 saturated carbocycles. The Morgan fingerprint density at radius 2 is 1.93 bits per heavy atom. The van der Waals surface area contributed by atoms with Crippen LogP contribution < -0.4 is 10.9 Å². The summed E-state index contributed by atoms with van der Waals surface area (Å²) in [5.41, 5.74) is 1.46. The topological polar surface area (TPSA) is 94.2 Å². The number of carbonyl (C=O) groups excluding carboxylic acids is 1. The molecular weight excluding hydrogens is 363 g/mol. The molecule has 4 rings (SSSR count). The molecule has 0 unspecified atom stereocenters. The molecule has 1 aromatic carbocycles. The Morgan fingerprint density at radius 1 is 1.18 bits per heavy atom. The fourth-order valence-electron chi connectivity index (χ4n) is 3.18. The first-order valence-corrected chi connectivity index (χ1v) is 8.70. The van der Waals surface area contributed by atoms with Crippen LogP contribution in [-0.2, 0) is 11.3 Å². The van der Waals surface area contributed by atoms with E-state index in [0.717, 1.165) is 5.56 Å². The average molecular weight is 380 g/mol. The van der Waals surface area contributed by atoms with Crippen molar-refractivity contribution >= 4 is 22.7 Å². The third-order valence-electron chi connectivity index (χ3n) is 4.58. The van der Waals surface area contributed by atoms with Crippen LogP contribution in [0, 0.1) is 12.7 Å². The fraction of sp³-hybridized carbons (Fsp3) is 0.211. The molecule has 0 radical (unpaired) electrons. The number of halogens is 1. The van der Waals surface area contributed by atoms with Crippen LogP contribution in [0.3, 0.4) is 0 Å². The molecule has 1 N–H and O–H groups in total. The normalized spacial score (nSPS) is 12.4. The number of benzene rings is 1. The molecule has 8 nitrogen and oxygen atoms in total. The van der Waals surface area contributed by atoms with Gasteiger partial charge in [-0.05, 0) is 43.7 Å². The number of rotatable bonds is 4. The van der Waals surface area contributed by atoms with Crippen molar-refractivity contribution in [2.45, 2.75) is 26.4 Å². The van der Waals surface area contributed by atoms with Gasteiger partial charge < -0.3 is 5.32 Å². The van der Waals surface area contributed by atoms with E-state index in [-0.39, 0.29) is 30.0 Å². The summed E-state index contributed by atoms with van der Waals surface area (Å²) < 4.78 is 16.0. The van der Waals surface area contributed by atoms with E-state index < -0.39 is 5.56 Å². The highest BCUT2D eigenvalue weighted by Gasteiger charge is 2.18. The first kappa shape index (κ1) is 17.8. The molecular formula is C19H17FN6O2. The van der Waals surface area contributed by atoms with Gasteiger partial charge in [0.2, 0.25) is 11.6 Å². The van der Waals surface area contributed by atoms with Crippen molar-refractivity contribution in [1.29, 1.82) is 0 Å². The Balaban J connectivity index is 1.69. The maximum absolute atomic E-state index is 13.1. The molecule has 0 saturated heterocycles. The zero-order valence-electron chi connectivity index (χ0n) is 15.3. The summed E-state index contributed by atoms with van der Waals surface area (Å²) in [7, 11) is 0. The third-order valence-corrected chi connectivity index (χ3v) is 4.58. The lowest BCUT2D eigenvalue weighted by Crippen LogP contribution is -2.34. The zero-order valence-corrected chi connectivity index (χ0v) is 15.3. The van der Waals surface area contributed by atoms with Gasteiger partial charge in [0.1, 0.15) is 18.2 Å². The molecule has 1 amide bonds. The third kappa shape index (κ3) is 3.00. The number of hydrogen-bond acceptors (Lipinski definition) is 5. The van der Waals surface area contributed by atoms with Crippen LogP contribution in [0.1, 0.15) is 24.4 Å². The van der Waals surface area contributed by atoms with E-state index in [2.05, 4.69) is 20.5 Å². The van der Waals surface area contributed by atoms with Gasteiger partial charge in [-0.2, -0.15) is 0 Å². The Bertz CT molecular complexity index is 1250. The van der Waals surface area contributed by atoms with Crippen LogP contribution in [0.15, 0.2) is 47.4 Å². The minimum atomic E-state index is -0.425. The van der Waals surface area contributed by atoms with Gasteiger partial charge in [0, 0.05) is 6.20 Å². The molecule has 3 heterocycles. The van der Waals surface area contributed by atoms with Gasteiger partial charge in [-0.3, -0.25) is 18.6 Å². The van der Waals surface area contributed by atoms with Crippen LogP contribution in [0.4, 0.5) is 4.39 Å². The van der Waals surface area contributed by atoms with Crippen molar-refractivity contribution in [2.24, 2.45) is 0 Å². The summed E-state index contributed by atoms with van der Waals surface area (Å²) >= 11 is 0. The predicted molar refractivity (Wildman–Crippen MR) is 100 cm³/mol. The summed E-state index contributed by atoms with van der Waals surface area (Å²) in [6.07, 6.45) is 1.60. The Labute approximate surface area is 158 Å². The van der Waals surface area contributed by atoms with E-state index in [0.29, 0.717) is 17.0 Å². The highest BCUT2D eigenvalue weighted by molar-refractivity contribution is 5.80. The number of nitrogens with one attached hydrogen (secondary N) is 1. The fourth-order valence-corrected chi connectivity index (χ4v) is 3.18. The Hall–Kier alpha value is -3.62. The summed E-state index contributed by atoms with van der Waals surface area (Å²) in [4.78, 5) is 29.8. The van der Waals surface area contributed by atoms with Crippen LogP contribution in [0.2, 0.25) is 0 Å². The smallest absolute Gasteiger partial charge is 0.297 e. The highest BCUT2D eigenvalue weighted by Crippen LogP contribution is 2.14. The molecule has 0 bridgehead atoms. The lowest BCUT2D eigenvalue weighted by Gasteiger charge is -2.16. The second-order valence-corrected chi connectivity index (χ2v) is 6.48. The lowest BCUT2D eigenvalue weighted by molar-refractivity contribution is -0.122. The van der Waals surface area contributed by atoms with Gasteiger partial charge in [0.05, 0.1) is 11.6 Å². The van der Waals surface area contributed by atoms with E-state index in [9.17, 15) is 14.0 Å². The maximum Gasteiger partial charge on any atom is 0.297 e. The lowest BCUT2D eigenvalue weighted by atomic mass is 10.1. The highest BCUT2D eigenvalue weighted by atomic mass is 19.1. The summed E-state index contributed by atoms with van der Waals surface area (Å²) in [6, 6.07) is 8.97. The van der Waals surface area contributed by atoms with Gasteiger partial charge in [0.25, 0.3) is 5.56 Å². The van der Waals surface area contributed by atoms with E-state index in [1.165, 1.54) is 16.7 Å². The number of fused-ring (bicyclic) bond motifs is 3. The quantitative estimate of drug-likeness (QED) is 0.582. The minimum Gasteiger partial charge on any atom is -0.348 e. The molecule has 3 aromatic heterocycles. The van der Waals surface area contributed by atoms with Crippen molar-refractivity contribution < 1.29 is 9.18 Å². The number of aryl methyl sites for hydroxylation is 1. The first-order valence-electron chi connectivity index (χ1n) is 8.70. The van der Waals surface area contributed by atoms with Gasteiger partial charge >= 0.3 is 0 Å². The summed E-state index contributed by atoms with van der Waals surface area (Å²) in [6.45, 7) is 3.32. The number of pyridine rings is 1. The SMILES string of the molecule is Cc1nnc2c(=O)n(CC(=O)N[C@@H](C)c3ccc(F)cc3)c3cccnc3n12. The molecule has 142 valence electrons. The maximum atomic E-state index is 13.1. The van der Waals surface area contributed by atoms with Gasteiger partial charge in [0.15, 0.2) is 5.65 Å². The van der Waals surface area contributed by atoms with Crippen molar-refractivity contribution in [2.75, 3.05) is 0 Å². The van der Waals surface area contributed by atoms with Gasteiger partial charge in [-0.1, -0.05) is 12.1 Å². The van der Waals surface area contributed by atoms with Gasteiger partial charge in [-0.15, -0.1) is 10.2 Å². The molecule has 28 heavy (non-hydrogen) atoms.